The molecule has 0 atom stereocenters. The molecular formula is C18H25N5O2S. The predicted molar refractivity (Wildman–Crippen MR) is 102 cm³/mol. The summed E-state index contributed by atoms with van der Waals surface area (Å²) < 4.78 is 6.71. The molecule has 0 saturated carbocycles. The molecule has 2 N–H and O–H groups in total. The lowest BCUT2D eigenvalue weighted by Crippen LogP contribution is -2.41. The van der Waals surface area contributed by atoms with Crippen molar-refractivity contribution < 1.29 is 9.53 Å². The molecule has 1 aromatic heterocycles. The van der Waals surface area contributed by atoms with Gasteiger partial charge in [0, 0.05) is 18.7 Å². The highest BCUT2D eigenvalue weighted by molar-refractivity contribution is 7.99. The third-order valence-electron chi connectivity index (χ3n) is 4.36. The van der Waals surface area contributed by atoms with Gasteiger partial charge in [0.2, 0.25) is 11.1 Å². The molecule has 8 heteroatoms. The third-order valence-corrected chi connectivity index (χ3v) is 5.29. The van der Waals surface area contributed by atoms with Gasteiger partial charge in [-0.15, -0.1) is 10.2 Å². The van der Waals surface area contributed by atoms with Crippen molar-refractivity contribution in [2.24, 2.45) is 0 Å². The molecule has 0 bridgehead atoms. The van der Waals surface area contributed by atoms with Crippen molar-refractivity contribution in [3.05, 3.63) is 29.8 Å². The summed E-state index contributed by atoms with van der Waals surface area (Å²) in [4.78, 5) is 14.0. The lowest BCUT2D eigenvalue weighted by Gasteiger charge is -2.26. The zero-order valence-corrected chi connectivity index (χ0v) is 16.3. The maximum Gasteiger partial charge on any atom is 0.233 e. The summed E-state index contributed by atoms with van der Waals surface area (Å²) in [7, 11) is 0. The number of aromatic nitrogens is 3. The number of nitrogens with two attached hydrogens (primary N) is 1. The van der Waals surface area contributed by atoms with Crippen LogP contribution >= 0.6 is 11.8 Å². The Morgan fingerprint density at radius 3 is 2.46 bits per heavy atom. The smallest absolute Gasteiger partial charge is 0.233 e. The fourth-order valence-corrected chi connectivity index (χ4v) is 3.48. The minimum atomic E-state index is 0.0670. The van der Waals surface area contributed by atoms with E-state index in [1.54, 1.807) is 4.90 Å². The van der Waals surface area contributed by atoms with Gasteiger partial charge in [0.25, 0.3) is 0 Å². The first-order valence-electron chi connectivity index (χ1n) is 8.66. The molecule has 7 nitrogen and oxygen atoms in total. The Morgan fingerprint density at radius 1 is 1.19 bits per heavy atom. The number of ether oxygens (including phenoxy) is 1. The summed E-state index contributed by atoms with van der Waals surface area (Å²) in [5.41, 5.74) is 2.24. The van der Waals surface area contributed by atoms with Crippen LogP contribution in [0.25, 0.3) is 11.4 Å². The summed E-state index contributed by atoms with van der Waals surface area (Å²) in [6, 6.07) is 8.17. The van der Waals surface area contributed by atoms with Gasteiger partial charge in [-0.2, -0.15) is 0 Å². The van der Waals surface area contributed by atoms with Crippen LogP contribution in [-0.2, 0) is 14.9 Å². The Balaban J connectivity index is 1.67. The fraction of sp³-hybridized carbons (Fsp3) is 0.500. The van der Waals surface area contributed by atoms with E-state index in [9.17, 15) is 4.79 Å². The molecule has 1 aliphatic heterocycles. The molecule has 1 amide bonds. The standard InChI is InChI=1S/C18H25N5O2S/c1-18(2,3)14-6-4-13(5-7-14)16-20-21-17(23(16)19)26-12-15(24)22-8-10-25-11-9-22/h4-7H,8-12,19H2,1-3H3. The number of hydrogen-bond acceptors (Lipinski definition) is 6. The molecule has 1 aromatic carbocycles. The van der Waals surface area contributed by atoms with Crippen molar-refractivity contribution in [2.75, 3.05) is 37.9 Å². The maximum atomic E-state index is 12.2. The second kappa shape index (κ2) is 7.67. The number of morpholine rings is 1. The molecule has 0 aliphatic carbocycles. The minimum Gasteiger partial charge on any atom is -0.378 e. The first-order valence-corrected chi connectivity index (χ1v) is 9.64. The largest absolute Gasteiger partial charge is 0.378 e. The highest BCUT2D eigenvalue weighted by Crippen LogP contribution is 2.26. The Bertz CT molecular complexity index is 761. The lowest BCUT2D eigenvalue weighted by molar-refractivity contribution is -0.132. The Hall–Kier alpha value is -2.06. The zero-order chi connectivity index (χ0) is 18.7. The highest BCUT2D eigenvalue weighted by Gasteiger charge is 2.20. The molecule has 26 heavy (non-hydrogen) atoms. The van der Waals surface area contributed by atoms with Gasteiger partial charge in [-0.25, -0.2) is 4.68 Å². The first kappa shape index (κ1) is 18.7. The van der Waals surface area contributed by atoms with Crippen molar-refractivity contribution in [3.63, 3.8) is 0 Å². The van der Waals surface area contributed by atoms with Gasteiger partial charge in [-0.3, -0.25) is 4.79 Å². The molecule has 2 aromatic rings. The number of nitrogen functional groups attached to an aromatic ring is 1. The third kappa shape index (κ3) is 4.19. The molecule has 3 rings (SSSR count). The quantitative estimate of drug-likeness (QED) is 0.649. The highest BCUT2D eigenvalue weighted by atomic mass is 32.2. The number of rotatable bonds is 4. The van der Waals surface area contributed by atoms with Crippen LogP contribution in [0, 0.1) is 0 Å². The number of amides is 1. The van der Waals surface area contributed by atoms with Crippen LogP contribution in [0.5, 0.6) is 0 Å². The van der Waals surface area contributed by atoms with E-state index in [2.05, 4.69) is 43.1 Å². The van der Waals surface area contributed by atoms with Crippen LogP contribution in [0.15, 0.2) is 29.4 Å². The van der Waals surface area contributed by atoms with E-state index >= 15 is 0 Å². The van der Waals surface area contributed by atoms with Gasteiger partial charge in [-0.05, 0) is 11.0 Å². The average molecular weight is 375 g/mol. The average Bonchev–Trinajstić information content (AvgIpc) is 3.00. The molecule has 1 saturated heterocycles. The van der Waals surface area contributed by atoms with Crippen LogP contribution in [0.1, 0.15) is 26.3 Å². The molecular weight excluding hydrogens is 350 g/mol. The summed E-state index contributed by atoms with van der Waals surface area (Å²) in [6.45, 7) is 8.99. The van der Waals surface area contributed by atoms with E-state index in [1.807, 2.05) is 12.1 Å². The van der Waals surface area contributed by atoms with E-state index in [0.717, 1.165) is 5.56 Å². The number of carbonyl (C=O) groups is 1. The van der Waals surface area contributed by atoms with Gasteiger partial charge < -0.3 is 15.5 Å². The number of benzene rings is 1. The lowest BCUT2D eigenvalue weighted by atomic mass is 9.87. The molecule has 0 spiro atoms. The molecule has 2 heterocycles. The summed E-state index contributed by atoms with van der Waals surface area (Å²) >= 11 is 1.30. The number of nitrogens with zero attached hydrogens (tertiary/aromatic N) is 4. The second-order valence-corrected chi connectivity index (χ2v) is 8.23. The summed E-state index contributed by atoms with van der Waals surface area (Å²) in [5, 5.41) is 8.86. The monoisotopic (exact) mass is 375 g/mol. The van der Waals surface area contributed by atoms with E-state index in [1.165, 1.54) is 22.0 Å². The fourth-order valence-electron chi connectivity index (χ4n) is 2.72. The van der Waals surface area contributed by atoms with Crippen molar-refractivity contribution in [2.45, 2.75) is 31.3 Å². The van der Waals surface area contributed by atoms with Crippen molar-refractivity contribution >= 4 is 17.7 Å². The molecule has 140 valence electrons. The second-order valence-electron chi connectivity index (χ2n) is 7.29. The minimum absolute atomic E-state index is 0.0670. The van der Waals surface area contributed by atoms with E-state index in [4.69, 9.17) is 10.6 Å². The van der Waals surface area contributed by atoms with Crippen LogP contribution in [0.4, 0.5) is 0 Å². The zero-order valence-electron chi connectivity index (χ0n) is 15.4. The van der Waals surface area contributed by atoms with Crippen LogP contribution in [-0.4, -0.2) is 57.7 Å². The van der Waals surface area contributed by atoms with Crippen LogP contribution < -0.4 is 5.84 Å². The Labute approximate surface area is 157 Å². The van der Waals surface area contributed by atoms with E-state index in [-0.39, 0.29) is 17.1 Å². The van der Waals surface area contributed by atoms with Crippen LogP contribution in [0.3, 0.4) is 0 Å². The number of hydrogen-bond donors (Lipinski definition) is 1. The maximum absolute atomic E-state index is 12.2. The predicted octanol–water partition coefficient (Wildman–Crippen LogP) is 1.91. The summed E-state index contributed by atoms with van der Waals surface area (Å²) in [6.07, 6.45) is 0. The summed E-state index contributed by atoms with van der Waals surface area (Å²) in [5.74, 6) is 7.10. The van der Waals surface area contributed by atoms with E-state index in [0.29, 0.717) is 37.3 Å². The van der Waals surface area contributed by atoms with E-state index < -0.39 is 0 Å². The number of thioether (sulfide) groups is 1. The first-order chi connectivity index (χ1) is 12.4. The van der Waals surface area contributed by atoms with Crippen molar-refractivity contribution in [1.82, 2.24) is 19.8 Å². The van der Waals surface area contributed by atoms with Gasteiger partial charge in [0.1, 0.15) is 0 Å². The number of carbonyl (C=O) groups excluding carboxylic acids is 1. The van der Waals surface area contributed by atoms with Gasteiger partial charge in [0.15, 0.2) is 5.82 Å². The normalized spacial score (nSPS) is 15.3. The van der Waals surface area contributed by atoms with Crippen molar-refractivity contribution in [1.29, 1.82) is 0 Å². The SMILES string of the molecule is CC(C)(C)c1ccc(-c2nnc(SCC(=O)N3CCOCC3)n2N)cc1. The molecule has 0 radical (unpaired) electrons. The molecule has 1 aliphatic rings. The Kier molecular flexibility index (Phi) is 5.52. The topological polar surface area (TPSA) is 86.3 Å². The van der Waals surface area contributed by atoms with Crippen LogP contribution in [0.2, 0.25) is 0 Å². The molecule has 0 unspecified atom stereocenters. The van der Waals surface area contributed by atoms with Crippen molar-refractivity contribution in [3.8, 4) is 11.4 Å². The van der Waals surface area contributed by atoms with Gasteiger partial charge in [-0.1, -0.05) is 56.8 Å². The van der Waals surface area contributed by atoms with Gasteiger partial charge in [0.05, 0.1) is 19.0 Å². The Morgan fingerprint density at radius 2 is 1.85 bits per heavy atom. The molecule has 1 fully saturated rings. The van der Waals surface area contributed by atoms with Gasteiger partial charge >= 0.3 is 0 Å².